The van der Waals surface area contributed by atoms with Crippen LogP contribution in [0.4, 0.5) is 0 Å². The lowest BCUT2D eigenvalue weighted by Crippen LogP contribution is -2.27. The topological polar surface area (TPSA) is 64.6 Å². The molecule has 0 aromatic heterocycles. The largest absolute Gasteiger partial charge is 0.497 e. The molecule has 160 valence electrons. The van der Waals surface area contributed by atoms with Crippen molar-refractivity contribution in [2.75, 3.05) is 14.2 Å². The van der Waals surface area contributed by atoms with E-state index in [1.807, 2.05) is 44.2 Å². The summed E-state index contributed by atoms with van der Waals surface area (Å²) < 4.78 is 39.7. The summed E-state index contributed by atoms with van der Waals surface area (Å²) in [5.74, 6) is 1.83. The van der Waals surface area contributed by atoms with E-state index in [2.05, 4.69) is 18.6 Å². The van der Waals surface area contributed by atoms with Crippen LogP contribution in [0.5, 0.6) is 11.5 Å². The molecule has 5 nitrogen and oxygen atoms in total. The second-order valence-electron chi connectivity index (χ2n) is 7.82. The first-order valence-corrected chi connectivity index (χ1v) is 11.4. The fourth-order valence-electron chi connectivity index (χ4n) is 3.67. The van der Waals surface area contributed by atoms with Gasteiger partial charge < -0.3 is 9.47 Å². The number of aryl methyl sites for hydroxylation is 1. The number of sulfonamides is 1. The van der Waals surface area contributed by atoms with Crippen molar-refractivity contribution in [2.45, 2.75) is 44.6 Å². The number of rotatable bonds is 7. The molecular weight excluding hydrogens is 398 g/mol. The normalized spacial score (nSPS) is 12.9. The molecule has 1 atom stereocenters. The van der Waals surface area contributed by atoms with Gasteiger partial charge in [-0.2, -0.15) is 0 Å². The van der Waals surface area contributed by atoms with Crippen LogP contribution < -0.4 is 14.2 Å². The van der Waals surface area contributed by atoms with Gasteiger partial charge in [0.05, 0.1) is 19.1 Å². The number of hydrogen-bond acceptors (Lipinski definition) is 4. The van der Waals surface area contributed by atoms with Crippen molar-refractivity contribution in [3.05, 3.63) is 65.2 Å². The minimum atomic E-state index is -3.69. The lowest BCUT2D eigenvalue weighted by molar-refractivity contribution is 0.406. The second-order valence-corrected chi connectivity index (χ2v) is 9.54. The van der Waals surface area contributed by atoms with Gasteiger partial charge in [0.2, 0.25) is 10.0 Å². The van der Waals surface area contributed by atoms with Gasteiger partial charge in [0.15, 0.2) is 0 Å². The van der Waals surface area contributed by atoms with Gasteiger partial charge in [0.25, 0.3) is 0 Å². The molecule has 0 spiro atoms. The van der Waals surface area contributed by atoms with E-state index in [0.717, 1.165) is 39.0 Å². The molecule has 30 heavy (non-hydrogen) atoms. The Morgan fingerprint density at radius 2 is 1.50 bits per heavy atom. The molecule has 0 amide bonds. The Kier molecular flexibility index (Phi) is 6.38. The third kappa shape index (κ3) is 4.45. The van der Waals surface area contributed by atoms with Gasteiger partial charge in [-0.25, -0.2) is 13.1 Å². The number of hydrogen-bond donors (Lipinski definition) is 1. The highest BCUT2D eigenvalue weighted by Crippen LogP contribution is 2.33. The first-order chi connectivity index (χ1) is 14.2. The molecule has 0 unspecified atom stereocenters. The lowest BCUT2D eigenvalue weighted by Gasteiger charge is -2.21. The van der Waals surface area contributed by atoms with E-state index in [4.69, 9.17) is 9.47 Å². The molecule has 0 bridgehead atoms. The van der Waals surface area contributed by atoms with Crippen molar-refractivity contribution in [3.63, 3.8) is 0 Å². The average Bonchev–Trinajstić information content (AvgIpc) is 2.71. The van der Waals surface area contributed by atoms with E-state index in [9.17, 15) is 8.42 Å². The van der Waals surface area contributed by atoms with Gasteiger partial charge >= 0.3 is 0 Å². The Morgan fingerprint density at radius 1 is 0.833 bits per heavy atom. The Morgan fingerprint density at radius 3 is 2.13 bits per heavy atom. The molecule has 0 radical (unpaired) electrons. The summed E-state index contributed by atoms with van der Waals surface area (Å²) in [6.07, 6.45) is 0. The van der Waals surface area contributed by atoms with Crippen LogP contribution in [0, 0.1) is 6.92 Å². The van der Waals surface area contributed by atoms with Gasteiger partial charge in [-0.15, -0.1) is 0 Å². The van der Waals surface area contributed by atoms with Gasteiger partial charge in [0, 0.05) is 6.04 Å². The Bertz CT molecular complexity index is 1170. The minimum absolute atomic E-state index is 0.238. The third-order valence-corrected chi connectivity index (χ3v) is 6.91. The van der Waals surface area contributed by atoms with Crippen LogP contribution in [-0.4, -0.2) is 22.6 Å². The molecule has 0 aliphatic heterocycles. The Balaban J connectivity index is 1.93. The fraction of sp³-hybridized carbons (Fsp3) is 0.333. The van der Waals surface area contributed by atoms with E-state index in [1.54, 1.807) is 32.4 Å². The van der Waals surface area contributed by atoms with Crippen LogP contribution in [0.1, 0.15) is 49.4 Å². The van der Waals surface area contributed by atoms with Crippen molar-refractivity contribution in [1.29, 1.82) is 0 Å². The maximum atomic E-state index is 13.1. The van der Waals surface area contributed by atoms with Crippen LogP contribution in [0.2, 0.25) is 0 Å². The van der Waals surface area contributed by atoms with Crippen LogP contribution in [0.15, 0.2) is 53.4 Å². The fourth-order valence-corrected chi connectivity index (χ4v) is 4.93. The summed E-state index contributed by atoms with van der Waals surface area (Å²) >= 11 is 0. The Labute approximate surface area is 179 Å². The number of benzene rings is 3. The minimum Gasteiger partial charge on any atom is -0.497 e. The molecule has 0 aliphatic carbocycles. The van der Waals surface area contributed by atoms with E-state index in [1.165, 1.54) is 0 Å². The average molecular weight is 428 g/mol. The van der Waals surface area contributed by atoms with E-state index in [0.29, 0.717) is 0 Å². The lowest BCUT2D eigenvalue weighted by atomic mass is 9.94. The van der Waals surface area contributed by atoms with E-state index >= 15 is 0 Å². The molecule has 1 N–H and O–H groups in total. The molecule has 3 aromatic carbocycles. The summed E-state index contributed by atoms with van der Waals surface area (Å²) in [6.45, 7) is 8.02. The van der Waals surface area contributed by atoms with Gasteiger partial charge in [-0.05, 0) is 83.6 Å². The smallest absolute Gasteiger partial charge is 0.241 e. The van der Waals surface area contributed by atoms with Crippen molar-refractivity contribution in [2.24, 2.45) is 0 Å². The van der Waals surface area contributed by atoms with E-state index < -0.39 is 10.0 Å². The molecule has 0 aliphatic rings. The summed E-state index contributed by atoms with van der Waals surface area (Å²) in [4.78, 5) is 0.238. The first kappa shape index (κ1) is 22.1. The maximum absolute atomic E-state index is 13.1. The number of nitrogens with one attached hydrogen (secondary N) is 1. The first-order valence-electron chi connectivity index (χ1n) is 9.95. The predicted octanol–water partition coefficient (Wildman–Crippen LogP) is 5.33. The molecular formula is C24H29NO4S. The predicted molar refractivity (Wildman–Crippen MR) is 121 cm³/mol. The summed E-state index contributed by atoms with van der Waals surface area (Å²) in [5.41, 5.74) is 2.98. The molecule has 0 saturated heterocycles. The van der Waals surface area contributed by atoms with Crippen LogP contribution in [-0.2, 0) is 10.0 Å². The molecule has 3 rings (SSSR count). The summed E-state index contributed by atoms with van der Waals surface area (Å²) in [5, 5.41) is 1.77. The van der Waals surface area contributed by atoms with Crippen molar-refractivity contribution in [3.8, 4) is 11.5 Å². The third-order valence-electron chi connectivity index (χ3n) is 5.37. The van der Waals surface area contributed by atoms with Gasteiger partial charge in [0.1, 0.15) is 11.5 Å². The number of fused-ring (bicyclic) bond motifs is 1. The zero-order valence-electron chi connectivity index (χ0n) is 18.3. The molecule has 3 aromatic rings. The second kappa shape index (κ2) is 8.66. The highest BCUT2D eigenvalue weighted by atomic mass is 32.2. The summed E-state index contributed by atoms with van der Waals surface area (Å²) in [6, 6.07) is 14.3. The number of methoxy groups -OCH3 is 2. The van der Waals surface area contributed by atoms with Crippen molar-refractivity contribution >= 4 is 20.8 Å². The van der Waals surface area contributed by atoms with Crippen molar-refractivity contribution in [1.82, 2.24) is 4.72 Å². The summed E-state index contributed by atoms with van der Waals surface area (Å²) in [7, 11) is -0.430. The van der Waals surface area contributed by atoms with Crippen LogP contribution >= 0.6 is 0 Å². The molecule has 0 fully saturated rings. The molecule has 6 heteroatoms. The Hall–Kier alpha value is -2.57. The number of ether oxygens (including phenoxy) is 2. The van der Waals surface area contributed by atoms with Crippen LogP contribution in [0.25, 0.3) is 10.8 Å². The highest BCUT2D eigenvalue weighted by molar-refractivity contribution is 7.89. The van der Waals surface area contributed by atoms with Gasteiger partial charge in [-0.1, -0.05) is 26.0 Å². The van der Waals surface area contributed by atoms with Gasteiger partial charge in [-0.3, -0.25) is 0 Å². The highest BCUT2D eigenvalue weighted by Gasteiger charge is 2.21. The quantitative estimate of drug-likeness (QED) is 0.554. The standard InChI is InChI=1S/C24H29NO4S/c1-15(2)22-14-23(16(3)11-24(22)29-6)17(4)25-30(26,27)21-10-8-18-12-20(28-5)9-7-19(18)13-21/h7-15,17,25H,1-6H3/t17-/m1/s1. The van der Waals surface area contributed by atoms with Crippen LogP contribution in [0.3, 0.4) is 0 Å². The SMILES string of the molecule is COc1ccc2cc(S(=O)(=O)N[C@H](C)c3cc(C(C)C)c(OC)cc3C)ccc2c1. The van der Waals surface area contributed by atoms with E-state index in [-0.39, 0.29) is 16.9 Å². The maximum Gasteiger partial charge on any atom is 0.241 e. The van der Waals surface area contributed by atoms with Crippen molar-refractivity contribution < 1.29 is 17.9 Å². The zero-order valence-corrected chi connectivity index (χ0v) is 19.1. The monoisotopic (exact) mass is 427 g/mol. The molecule has 0 heterocycles. The zero-order chi connectivity index (χ0) is 22.1. The molecule has 0 saturated carbocycles.